The zero-order valence-corrected chi connectivity index (χ0v) is 19.2. The van der Waals surface area contributed by atoms with Gasteiger partial charge in [-0.05, 0) is 80.8 Å². The lowest BCUT2D eigenvalue weighted by Crippen LogP contribution is -2.52. The fourth-order valence-corrected chi connectivity index (χ4v) is 4.55. The van der Waals surface area contributed by atoms with Crippen LogP contribution in [0.2, 0.25) is 0 Å². The van der Waals surface area contributed by atoms with E-state index in [2.05, 4.69) is 57.0 Å². The molecule has 1 saturated heterocycles. The van der Waals surface area contributed by atoms with Crippen LogP contribution < -0.4 is 11.1 Å². The molecule has 0 radical (unpaired) electrons. The van der Waals surface area contributed by atoms with Crippen molar-refractivity contribution in [3.05, 3.63) is 59.7 Å². The highest BCUT2D eigenvalue weighted by atomic mass is 16.1. The lowest BCUT2D eigenvalue weighted by molar-refractivity contribution is 0.0205. The first kappa shape index (κ1) is 22.4. The van der Waals surface area contributed by atoms with Gasteiger partial charge in [0.25, 0.3) is 5.91 Å². The van der Waals surface area contributed by atoms with Gasteiger partial charge in [0.2, 0.25) is 0 Å². The Bertz CT molecular complexity index is 865. The highest BCUT2D eigenvalue weighted by Crippen LogP contribution is 2.35. The molecule has 2 aromatic rings. The number of nitrogens with zero attached hydrogens (tertiary/aromatic N) is 1. The van der Waals surface area contributed by atoms with E-state index in [1.165, 1.54) is 18.4 Å². The van der Waals surface area contributed by atoms with Crippen molar-refractivity contribution in [1.29, 1.82) is 0 Å². The van der Waals surface area contributed by atoms with Gasteiger partial charge in [-0.15, -0.1) is 0 Å². The maximum absolute atomic E-state index is 12.5. The fourth-order valence-electron chi connectivity index (χ4n) is 4.55. The second-order valence-electron chi connectivity index (χ2n) is 10.6. The zero-order chi connectivity index (χ0) is 21.9. The van der Waals surface area contributed by atoms with Crippen LogP contribution in [-0.4, -0.2) is 29.4 Å². The third kappa shape index (κ3) is 5.85. The SMILES string of the molecule is CC(C)(C)CN1CCC(Cc2ccc(C(=O)Nc3ccccc3N)cc2)CC1(C)C. The van der Waals surface area contributed by atoms with Crippen molar-refractivity contribution in [3.63, 3.8) is 0 Å². The van der Waals surface area contributed by atoms with Crippen molar-refractivity contribution in [1.82, 2.24) is 4.90 Å². The summed E-state index contributed by atoms with van der Waals surface area (Å²) in [7, 11) is 0. The van der Waals surface area contributed by atoms with E-state index in [9.17, 15) is 4.79 Å². The fraction of sp³-hybridized carbons (Fsp3) is 0.500. The number of nitrogens with two attached hydrogens (primary N) is 1. The van der Waals surface area contributed by atoms with E-state index >= 15 is 0 Å². The third-order valence-corrected chi connectivity index (χ3v) is 6.07. The second kappa shape index (κ2) is 8.81. The Morgan fingerprint density at radius 2 is 1.80 bits per heavy atom. The molecule has 0 saturated carbocycles. The number of hydrogen-bond acceptors (Lipinski definition) is 3. The maximum Gasteiger partial charge on any atom is 0.255 e. The van der Waals surface area contributed by atoms with Gasteiger partial charge in [-0.3, -0.25) is 9.69 Å². The number of amides is 1. The third-order valence-electron chi connectivity index (χ3n) is 6.07. The monoisotopic (exact) mass is 407 g/mol. The summed E-state index contributed by atoms with van der Waals surface area (Å²) in [5.41, 5.74) is 9.65. The summed E-state index contributed by atoms with van der Waals surface area (Å²) in [6, 6.07) is 15.4. The second-order valence-corrected chi connectivity index (χ2v) is 10.6. The summed E-state index contributed by atoms with van der Waals surface area (Å²) in [5, 5.41) is 2.89. The Labute approximate surface area is 181 Å². The van der Waals surface area contributed by atoms with Crippen molar-refractivity contribution in [2.24, 2.45) is 11.3 Å². The molecule has 1 fully saturated rings. The first-order valence-corrected chi connectivity index (χ1v) is 11.0. The van der Waals surface area contributed by atoms with Gasteiger partial charge in [-0.1, -0.05) is 45.0 Å². The molecule has 162 valence electrons. The molecule has 30 heavy (non-hydrogen) atoms. The van der Waals surface area contributed by atoms with Crippen LogP contribution in [-0.2, 0) is 6.42 Å². The number of para-hydroxylation sites is 2. The van der Waals surface area contributed by atoms with E-state index in [-0.39, 0.29) is 11.4 Å². The van der Waals surface area contributed by atoms with Gasteiger partial charge in [-0.2, -0.15) is 0 Å². The van der Waals surface area contributed by atoms with Crippen LogP contribution in [0.3, 0.4) is 0 Å². The van der Waals surface area contributed by atoms with Gasteiger partial charge in [0.15, 0.2) is 0 Å². The first-order valence-electron chi connectivity index (χ1n) is 11.0. The Hall–Kier alpha value is -2.33. The molecule has 0 aromatic heterocycles. The number of anilines is 2. The number of carbonyl (C=O) groups is 1. The van der Waals surface area contributed by atoms with Gasteiger partial charge < -0.3 is 11.1 Å². The molecule has 4 heteroatoms. The highest BCUT2D eigenvalue weighted by molar-refractivity contribution is 6.05. The average molecular weight is 408 g/mol. The molecule has 1 heterocycles. The average Bonchev–Trinajstić information content (AvgIpc) is 2.65. The van der Waals surface area contributed by atoms with Crippen LogP contribution in [0, 0.1) is 11.3 Å². The summed E-state index contributed by atoms with van der Waals surface area (Å²) >= 11 is 0. The van der Waals surface area contributed by atoms with E-state index in [1.807, 2.05) is 30.3 Å². The maximum atomic E-state index is 12.5. The lowest BCUT2D eigenvalue weighted by atomic mass is 9.78. The topological polar surface area (TPSA) is 58.4 Å². The van der Waals surface area contributed by atoms with E-state index in [1.54, 1.807) is 6.07 Å². The Morgan fingerprint density at radius 3 is 2.40 bits per heavy atom. The minimum atomic E-state index is -0.129. The molecule has 2 aromatic carbocycles. The van der Waals surface area contributed by atoms with Crippen LogP contribution in [0.25, 0.3) is 0 Å². The van der Waals surface area contributed by atoms with Crippen LogP contribution in [0.1, 0.15) is 63.4 Å². The Kier molecular flexibility index (Phi) is 6.56. The molecule has 1 aliphatic rings. The van der Waals surface area contributed by atoms with Crippen LogP contribution in [0.15, 0.2) is 48.5 Å². The quantitative estimate of drug-likeness (QED) is 0.634. The molecule has 1 amide bonds. The van der Waals surface area contributed by atoms with Gasteiger partial charge in [-0.25, -0.2) is 0 Å². The molecule has 4 nitrogen and oxygen atoms in total. The normalized spacial score (nSPS) is 19.4. The molecule has 1 unspecified atom stereocenters. The Morgan fingerprint density at radius 1 is 1.13 bits per heavy atom. The molecule has 1 atom stereocenters. The summed E-state index contributed by atoms with van der Waals surface area (Å²) in [5.74, 6) is 0.552. The highest BCUT2D eigenvalue weighted by Gasteiger charge is 2.36. The van der Waals surface area contributed by atoms with Crippen LogP contribution in [0.5, 0.6) is 0 Å². The van der Waals surface area contributed by atoms with E-state index in [0.29, 0.717) is 28.3 Å². The smallest absolute Gasteiger partial charge is 0.255 e. The minimum absolute atomic E-state index is 0.129. The molecule has 0 spiro atoms. The predicted molar refractivity (Wildman–Crippen MR) is 127 cm³/mol. The largest absolute Gasteiger partial charge is 0.397 e. The molecule has 0 aliphatic carbocycles. The number of piperidine rings is 1. The first-order chi connectivity index (χ1) is 14.0. The van der Waals surface area contributed by atoms with Gasteiger partial charge >= 0.3 is 0 Å². The Balaban J connectivity index is 1.58. The number of likely N-dealkylation sites (tertiary alicyclic amines) is 1. The lowest BCUT2D eigenvalue weighted by Gasteiger charge is -2.48. The zero-order valence-electron chi connectivity index (χ0n) is 19.2. The van der Waals surface area contributed by atoms with Crippen molar-refractivity contribution >= 4 is 17.3 Å². The van der Waals surface area contributed by atoms with E-state index < -0.39 is 0 Å². The van der Waals surface area contributed by atoms with Crippen molar-refractivity contribution < 1.29 is 4.79 Å². The summed E-state index contributed by atoms with van der Waals surface area (Å²) in [4.78, 5) is 15.2. The number of nitrogens with one attached hydrogen (secondary N) is 1. The molecule has 1 aliphatic heterocycles. The van der Waals surface area contributed by atoms with Gasteiger partial charge in [0.1, 0.15) is 0 Å². The standard InChI is InChI=1S/C26H37N3O/c1-25(2,3)18-29-15-14-20(17-26(29,4)5)16-19-10-12-21(13-11-19)24(30)28-23-9-7-6-8-22(23)27/h6-13,20H,14-18,27H2,1-5H3,(H,28,30). The van der Waals surface area contributed by atoms with Gasteiger partial charge in [0.05, 0.1) is 11.4 Å². The molecule has 3 N–H and O–H groups in total. The molecular formula is C26H37N3O. The summed E-state index contributed by atoms with van der Waals surface area (Å²) < 4.78 is 0. The summed E-state index contributed by atoms with van der Waals surface area (Å²) in [6.45, 7) is 14.0. The molecular weight excluding hydrogens is 370 g/mol. The van der Waals surface area contributed by atoms with E-state index in [0.717, 1.165) is 19.5 Å². The molecule has 0 bridgehead atoms. The number of rotatable bonds is 5. The molecule has 3 rings (SSSR count). The number of hydrogen-bond donors (Lipinski definition) is 2. The van der Waals surface area contributed by atoms with Crippen molar-refractivity contribution in [2.75, 3.05) is 24.1 Å². The van der Waals surface area contributed by atoms with Gasteiger partial charge in [0, 0.05) is 17.6 Å². The van der Waals surface area contributed by atoms with E-state index in [4.69, 9.17) is 5.73 Å². The number of benzene rings is 2. The number of carbonyl (C=O) groups excluding carboxylic acids is 1. The number of nitrogen functional groups attached to an aromatic ring is 1. The van der Waals surface area contributed by atoms with Crippen LogP contribution in [0.4, 0.5) is 11.4 Å². The minimum Gasteiger partial charge on any atom is -0.397 e. The summed E-state index contributed by atoms with van der Waals surface area (Å²) in [6.07, 6.45) is 3.51. The van der Waals surface area contributed by atoms with Crippen molar-refractivity contribution in [2.45, 2.75) is 59.4 Å². The van der Waals surface area contributed by atoms with Crippen molar-refractivity contribution in [3.8, 4) is 0 Å². The van der Waals surface area contributed by atoms with Crippen LogP contribution >= 0.6 is 0 Å². The predicted octanol–water partition coefficient (Wildman–Crippen LogP) is 5.60.